The van der Waals surface area contributed by atoms with Gasteiger partial charge in [-0.05, 0) is 36.8 Å². The summed E-state index contributed by atoms with van der Waals surface area (Å²) in [6.45, 7) is -0.0778. The number of carbonyl (C=O) groups excluding carboxylic acids is 2. The van der Waals surface area contributed by atoms with Gasteiger partial charge >= 0.3 is 0 Å². The highest BCUT2D eigenvalue weighted by molar-refractivity contribution is 6.06. The molecule has 1 heterocycles. The van der Waals surface area contributed by atoms with E-state index in [1.54, 1.807) is 24.3 Å². The van der Waals surface area contributed by atoms with Crippen LogP contribution >= 0.6 is 0 Å². The van der Waals surface area contributed by atoms with Crippen molar-refractivity contribution in [2.45, 2.75) is 12.8 Å². The number of nitriles is 1. The van der Waals surface area contributed by atoms with Gasteiger partial charge in [0.2, 0.25) is 0 Å². The molecule has 0 unspecified atom stereocenters. The van der Waals surface area contributed by atoms with Crippen LogP contribution in [0, 0.1) is 35.0 Å². The summed E-state index contributed by atoms with van der Waals surface area (Å²) in [7, 11) is 0. The zero-order chi connectivity index (χ0) is 17.4. The van der Waals surface area contributed by atoms with Crippen LogP contribution in [-0.2, 0) is 9.59 Å². The summed E-state index contributed by atoms with van der Waals surface area (Å²) in [6.07, 6.45) is 7.54. The summed E-state index contributed by atoms with van der Waals surface area (Å²) >= 11 is 0. The van der Waals surface area contributed by atoms with Gasteiger partial charge in [0.05, 0.1) is 18.1 Å². The second-order valence-corrected chi connectivity index (χ2v) is 6.56. The summed E-state index contributed by atoms with van der Waals surface area (Å²) in [5.74, 6) is -0.153. The molecule has 3 aliphatic carbocycles. The zero-order valence-corrected chi connectivity index (χ0v) is 13.5. The van der Waals surface area contributed by atoms with Gasteiger partial charge in [-0.2, -0.15) is 15.4 Å². The van der Waals surface area contributed by atoms with Crippen molar-refractivity contribution < 1.29 is 14.3 Å². The first kappa shape index (κ1) is 15.6. The molecule has 0 aromatic heterocycles. The molecule has 4 atom stereocenters. The molecule has 1 saturated heterocycles. The molecular weight excluding hydrogens is 318 g/mol. The van der Waals surface area contributed by atoms with Gasteiger partial charge < -0.3 is 4.74 Å². The predicted molar refractivity (Wildman–Crippen MR) is 89.3 cm³/mol. The molecule has 5 rings (SSSR count). The normalized spacial score (nSPS) is 30.0. The molecule has 1 aromatic carbocycles. The maximum Gasteiger partial charge on any atom is 0.254 e. The third-order valence-corrected chi connectivity index (χ3v) is 5.26. The fourth-order valence-electron chi connectivity index (χ4n) is 4.12. The molecule has 25 heavy (non-hydrogen) atoms. The fourth-order valence-corrected chi connectivity index (χ4v) is 4.12. The van der Waals surface area contributed by atoms with Gasteiger partial charge in [-0.15, -0.1) is 0 Å². The molecule has 2 amide bonds. The second kappa shape index (κ2) is 6.17. The van der Waals surface area contributed by atoms with Crippen LogP contribution in [-0.4, -0.2) is 29.6 Å². The first-order valence-electron chi connectivity index (χ1n) is 8.39. The minimum Gasteiger partial charge on any atom is -0.478 e. The highest BCUT2D eigenvalue weighted by Crippen LogP contribution is 2.49. The van der Waals surface area contributed by atoms with E-state index in [9.17, 15) is 9.59 Å². The van der Waals surface area contributed by atoms with E-state index < -0.39 is 0 Å². The maximum atomic E-state index is 12.7. The Hall–Kier alpha value is -2.94. The van der Waals surface area contributed by atoms with Crippen LogP contribution in [0.1, 0.15) is 18.4 Å². The van der Waals surface area contributed by atoms with Crippen molar-refractivity contribution in [1.29, 1.82) is 5.26 Å². The van der Waals surface area contributed by atoms with Crippen LogP contribution in [0.4, 0.5) is 0 Å². The first-order valence-corrected chi connectivity index (χ1v) is 8.39. The van der Waals surface area contributed by atoms with Gasteiger partial charge in [0, 0.05) is 5.56 Å². The fraction of sp³-hybridized carbons (Fsp3) is 0.368. The average Bonchev–Trinajstić information content (AvgIpc) is 2.93. The minimum atomic E-state index is -0.265. The first-order chi connectivity index (χ1) is 12.2. The minimum absolute atomic E-state index is 0.0778. The number of imide groups is 1. The van der Waals surface area contributed by atoms with Crippen molar-refractivity contribution in [1.82, 2.24) is 5.01 Å². The van der Waals surface area contributed by atoms with E-state index in [0.717, 1.165) is 17.9 Å². The smallest absolute Gasteiger partial charge is 0.254 e. The Morgan fingerprint density at radius 2 is 1.80 bits per heavy atom. The van der Waals surface area contributed by atoms with Crippen molar-refractivity contribution in [3.05, 3.63) is 42.0 Å². The number of amides is 2. The van der Waals surface area contributed by atoms with Crippen molar-refractivity contribution in [2.75, 3.05) is 6.61 Å². The third-order valence-electron chi connectivity index (χ3n) is 5.26. The molecule has 2 bridgehead atoms. The maximum absolute atomic E-state index is 12.7. The molecule has 6 nitrogen and oxygen atoms in total. The molecule has 0 radical (unpaired) electrons. The van der Waals surface area contributed by atoms with Crippen molar-refractivity contribution in [3.8, 4) is 11.8 Å². The number of para-hydroxylation sites is 1. The molecule has 0 spiro atoms. The number of hydrogen-bond acceptors (Lipinski definition) is 5. The Morgan fingerprint density at radius 3 is 2.40 bits per heavy atom. The molecule has 1 saturated carbocycles. The number of ether oxygens (including phenoxy) is 1. The van der Waals surface area contributed by atoms with E-state index in [1.807, 2.05) is 6.07 Å². The van der Waals surface area contributed by atoms with Gasteiger partial charge in [0.15, 0.2) is 6.61 Å². The van der Waals surface area contributed by atoms with Crippen LogP contribution in [0.25, 0.3) is 0 Å². The van der Waals surface area contributed by atoms with Gasteiger partial charge in [-0.25, -0.2) is 0 Å². The Labute approximate surface area is 145 Å². The number of carbonyl (C=O) groups is 2. The highest BCUT2D eigenvalue weighted by Gasteiger charge is 2.56. The Bertz CT molecular complexity index is 791. The van der Waals surface area contributed by atoms with E-state index >= 15 is 0 Å². The largest absolute Gasteiger partial charge is 0.478 e. The Balaban J connectivity index is 1.58. The number of allylic oxidation sites excluding steroid dienone is 2. The lowest BCUT2D eigenvalue weighted by Crippen LogP contribution is -2.38. The standard InChI is InChI=1S/C19H17N3O3/c20-9-10-25-15-4-2-1-3-14(15)11-21-22-18(23)16-12-5-6-13(8-7-12)17(16)19(22)24/h1-6,11-13,16-17H,7-8,10H2/b21-11-/t12-,13-,16-,17+/m0/s1. The molecule has 126 valence electrons. The summed E-state index contributed by atoms with van der Waals surface area (Å²) in [5.41, 5.74) is 0.620. The van der Waals surface area contributed by atoms with Gasteiger partial charge in [-0.1, -0.05) is 24.3 Å². The van der Waals surface area contributed by atoms with Crippen LogP contribution in [0.3, 0.4) is 0 Å². The van der Waals surface area contributed by atoms with E-state index in [0.29, 0.717) is 11.3 Å². The summed E-state index contributed by atoms with van der Waals surface area (Å²) in [6, 6.07) is 8.98. The molecule has 6 heteroatoms. The molecule has 0 N–H and O–H groups in total. The van der Waals surface area contributed by atoms with Crippen LogP contribution < -0.4 is 4.74 Å². The van der Waals surface area contributed by atoms with Gasteiger partial charge in [0.1, 0.15) is 11.8 Å². The van der Waals surface area contributed by atoms with E-state index in [2.05, 4.69) is 17.3 Å². The van der Waals surface area contributed by atoms with Crippen LogP contribution in [0.15, 0.2) is 41.5 Å². The molecule has 2 fully saturated rings. The number of hydrogen-bond donors (Lipinski definition) is 0. The summed E-state index contributed by atoms with van der Waals surface area (Å²) in [4.78, 5) is 25.4. The number of fused-ring (bicyclic) bond motifs is 1. The zero-order valence-electron chi connectivity index (χ0n) is 13.5. The third kappa shape index (κ3) is 2.52. The number of hydrazone groups is 1. The topological polar surface area (TPSA) is 82.8 Å². The van der Waals surface area contributed by atoms with Crippen LogP contribution in [0.5, 0.6) is 5.75 Å². The quantitative estimate of drug-likeness (QED) is 0.479. The SMILES string of the molecule is N#CCOc1ccccc1/C=N\N1C(=O)[C@@H]2[C@H](C1=O)[C@H]1C=C[C@H]2CC1. The molecule has 1 aliphatic heterocycles. The van der Waals surface area contributed by atoms with E-state index in [-0.39, 0.29) is 42.1 Å². The number of nitrogens with zero attached hydrogens (tertiary/aromatic N) is 3. The Morgan fingerprint density at radius 1 is 1.16 bits per heavy atom. The summed E-state index contributed by atoms with van der Waals surface area (Å²) in [5, 5.41) is 13.8. The molecular formula is C19H17N3O3. The monoisotopic (exact) mass is 335 g/mol. The lowest BCUT2D eigenvalue weighted by molar-refractivity contribution is -0.140. The molecule has 1 aromatic rings. The Kier molecular flexibility index (Phi) is 3.85. The summed E-state index contributed by atoms with van der Waals surface area (Å²) < 4.78 is 5.34. The number of benzene rings is 1. The van der Waals surface area contributed by atoms with E-state index in [1.165, 1.54) is 6.21 Å². The van der Waals surface area contributed by atoms with Crippen LogP contribution in [0.2, 0.25) is 0 Å². The lowest BCUT2D eigenvalue weighted by Gasteiger charge is -2.37. The van der Waals surface area contributed by atoms with Crippen molar-refractivity contribution in [2.24, 2.45) is 28.8 Å². The number of rotatable bonds is 4. The lowest BCUT2D eigenvalue weighted by atomic mass is 9.63. The van der Waals surface area contributed by atoms with Gasteiger partial charge in [-0.3, -0.25) is 9.59 Å². The highest BCUT2D eigenvalue weighted by atomic mass is 16.5. The molecule has 4 aliphatic rings. The average molecular weight is 335 g/mol. The second-order valence-electron chi connectivity index (χ2n) is 6.56. The van der Waals surface area contributed by atoms with E-state index in [4.69, 9.17) is 10.00 Å². The predicted octanol–water partition coefficient (Wildman–Crippen LogP) is 2.12. The van der Waals surface area contributed by atoms with Crippen molar-refractivity contribution in [3.63, 3.8) is 0 Å². The van der Waals surface area contributed by atoms with Crippen molar-refractivity contribution >= 4 is 18.0 Å². The van der Waals surface area contributed by atoms with Gasteiger partial charge in [0.25, 0.3) is 11.8 Å².